The number of nitrogens with zero attached hydrogens (tertiary/aromatic N) is 1. The summed E-state index contributed by atoms with van der Waals surface area (Å²) in [5, 5.41) is 0.493. The number of halogens is 1. The molecule has 0 unspecified atom stereocenters. The zero-order valence-electron chi connectivity index (χ0n) is 14.9. The molecule has 0 radical (unpaired) electrons. The maximum atomic E-state index is 12.7. The fourth-order valence-electron chi connectivity index (χ4n) is 2.46. The lowest BCUT2D eigenvalue weighted by molar-refractivity contribution is 0.0785. The molecule has 0 fully saturated rings. The second kappa shape index (κ2) is 7.62. The second-order valence-electron chi connectivity index (χ2n) is 6.95. The normalized spacial score (nSPS) is 11.4. The van der Waals surface area contributed by atoms with Crippen LogP contribution in [0, 0.1) is 0 Å². The monoisotopic (exact) mass is 361 g/mol. The Morgan fingerprint density at radius 2 is 1.75 bits per heavy atom. The van der Waals surface area contributed by atoms with Crippen molar-refractivity contribution in [3.8, 4) is 0 Å². The molecule has 2 nitrogen and oxygen atoms in total. The molecule has 24 heavy (non-hydrogen) atoms. The standard InChI is InChI=1S/C20H24ClNOS/c1-20(2,3)15-8-6-14(7-9-15)13-22(4)19(23)17-12-16(24-5)10-11-18(17)21/h6-12H,13H2,1-5H3. The molecule has 128 valence electrons. The van der Waals surface area contributed by atoms with Gasteiger partial charge in [-0.05, 0) is 41.0 Å². The highest BCUT2D eigenvalue weighted by Gasteiger charge is 2.17. The largest absolute Gasteiger partial charge is 0.337 e. The topological polar surface area (TPSA) is 20.3 Å². The van der Waals surface area contributed by atoms with E-state index < -0.39 is 0 Å². The number of rotatable bonds is 4. The molecule has 0 aliphatic carbocycles. The molecule has 0 spiro atoms. The Balaban J connectivity index is 2.14. The van der Waals surface area contributed by atoms with Gasteiger partial charge in [-0.2, -0.15) is 0 Å². The first-order valence-corrected chi connectivity index (χ1v) is 9.51. The summed E-state index contributed by atoms with van der Waals surface area (Å²) in [7, 11) is 1.81. The van der Waals surface area contributed by atoms with Gasteiger partial charge in [0.15, 0.2) is 0 Å². The number of hydrogen-bond donors (Lipinski definition) is 0. The molecule has 0 bridgehead atoms. The molecular weight excluding hydrogens is 338 g/mol. The van der Waals surface area contributed by atoms with Crippen molar-refractivity contribution in [2.75, 3.05) is 13.3 Å². The van der Waals surface area contributed by atoms with E-state index in [0.717, 1.165) is 10.5 Å². The number of thioether (sulfide) groups is 1. The summed E-state index contributed by atoms with van der Waals surface area (Å²) >= 11 is 7.81. The summed E-state index contributed by atoms with van der Waals surface area (Å²) in [6.07, 6.45) is 1.98. The van der Waals surface area contributed by atoms with Gasteiger partial charge in [-0.3, -0.25) is 4.79 Å². The Morgan fingerprint density at radius 3 is 2.29 bits per heavy atom. The number of amides is 1. The molecule has 0 heterocycles. The fraction of sp³-hybridized carbons (Fsp3) is 0.350. The quantitative estimate of drug-likeness (QED) is 0.657. The van der Waals surface area contributed by atoms with Crippen LogP contribution < -0.4 is 0 Å². The van der Waals surface area contributed by atoms with Gasteiger partial charge in [-0.25, -0.2) is 0 Å². The predicted molar refractivity (Wildman–Crippen MR) is 104 cm³/mol. The Labute approximate surface area is 154 Å². The van der Waals surface area contributed by atoms with Crippen molar-refractivity contribution < 1.29 is 4.79 Å². The lowest BCUT2D eigenvalue weighted by Crippen LogP contribution is -2.26. The summed E-state index contributed by atoms with van der Waals surface area (Å²) in [5.41, 5.74) is 3.08. The average Bonchev–Trinajstić information content (AvgIpc) is 2.54. The van der Waals surface area contributed by atoms with Gasteiger partial charge in [0.05, 0.1) is 10.6 Å². The third-order valence-corrected chi connectivity index (χ3v) is 5.05. The maximum absolute atomic E-state index is 12.7. The van der Waals surface area contributed by atoms with Crippen molar-refractivity contribution in [1.29, 1.82) is 0 Å². The van der Waals surface area contributed by atoms with Gasteiger partial charge in [0.25, 0.3) is 5.91 Å². The summed E-state index contributed by atoms with van der Waals surface area (Å²) in [6.45, 7) is 7.14. The number of benzene rings is 2. The van der Waals surface area contributed by atoms with Gasteiger partial charge in [-0.1, -0.05) is 56.6 Å². The van der Waals surface area contributed by atoms with Gasteiger partial charge in [-0.15, -0.1) is 11.8 Å². The molecule has 2 aromatic carbocycles. The first kappa shape index (κ1) is 18.9. The van der Waals surface area contributed by atoms with Gasteiger partial charge in [0, 0.05) is 18.5 Å². The van der Waals surface area contributed by atoms with Crippen molar-refractivity contribution in [1.82, 2.24) is 4.90 Å². The van der Waals surface area contributed by atoms with E-state index in [4.69, 9.17) is 11.6 Å². The van der Waals surface area contributed by atoms with E-state index in [1.165, 1.54) is 5.56 Å². The zero-order chi connectivity index (χ0) is 17.9. The summed E-state index contributed by atoms with van der Waals surface area (Å²) < 4.78 is 0. The average molecular weight is 362 g/mol. The van der Waals surface area contributed by atoms with Crippen molar-refractivity contribution in [3.63, 3.8) is 0 Å². The molecular formula is C20H24ClNOS. The van der Waals surface area contributed by atoms with Crippen LogP contribution in [-0.2, 0) is 12.0 Å². The Morgan fingerprint density at radius 1 is 1.12 bits per heavy atom. The molecule has 0 aliphatic heterocycles. The number of hydrogen-bond acceptors (Lipinski definition) is 2. The highest BCUT2D eigenvalue weighted by atomic mass is 35.5. The molecule has 4 heteroatoms. The molecule has 2 rings (SSSR count). The number of carbonyl (C=O) groups excluding carboxylic acids is 1. The van der Waals surface area contributed by atoms with Crippen LogP contribution in [0.15, 0.2) is 47.4 Å². The van der Waals surface area contributed by atoms with Gasteiger partial charge in [0.2, 0.25) is 0 Å². The molecule has 0 N–H and O–H groups in total. The lowest BCUT2D eigenvalue weighted by Gasteiger charge is -2.21. The molecule has 0 saturated carbocycles. The van der Waals surface area contributed by atoms with Crippen LogP contribution in [0.3, 0.4) is 0 Å². The van der Waals surface area contributed by atoms with E-state index in [2.05, 4.69) is 45.0 Å². The van der Waals surface area contributed by atoms with Crippen molar-refractivity contribution in [2.45, 2.75) is 37.6 Å². The zero-order valence-corrected chi connectivity index (χ0v) is 16.5. The third-order valence-electron chi connectivity index (χ3n) is 3.99. The fourth-order valence-corrected chi connectivity index (χ4v) is 3.09. The van der Waals surface area contributed by atoms with Crippen LogP contribution in [0.4, 0.5) is 0 Å². The van der Waals surface area contributed by atoms with Crippen molar-refractivity contribution >= 4 is 29.3 Å². The highest BCUT2D eigenvalue weighted by molar-refractivity contribution is 7.98. The van der Waals surface area contributed by atoms with Crippen LogP contribution in [-0.4, -0.2) is 24.1 Å². The van der Waals surface area contributed by atoms with Crippen LogP contribution in [0.1, 0.15) is 42.3 Å². The summed E-state index contributed by atoms with van der Waals surface area (Å²) in [5.74, 6) is -0.0594. The van der Waals surface area contributed by atoms with Crippen molar-refractivity contribution in [2.24, 2.45) is 0 Å². The van der Waals surface area contributed by atoms with Gasteiger partial charge in [0.1, 0.15) is 0 Å². The number of carbonyl (C=O) groups is 1. The molecule has 2 aromatic rings. The minimum atomic E-state index is -0.0594. The van der Waals surface area contributed by atoms with Crippen LogP contribution in [0.5, 0.6) is 0 Å². The lowest BCUT2D eigenvalue weighted by atomic mass is 9.87. The third kappa shape index (κ3) is 4.55. The smallest absolute Gasteiger partial charge is 0.255 e. The Hall–Kier alpha value is -1.45. The minimum absolute atomic E-state index is 0.0594. The van der Waals surface area contributed by atoms with E-state index in [1.807, 2.05) is 25.4 Å². The van der Waals surface area contributed by atoms with Crippen LogP contribution in [0.25, 0.3) is 0 Å². The minimum Gasteiger partial charge on any atom is -0.337 e. The molecule has 0 saturated heterocycles. The van der Waals surface area contributed by atoms with Crippen LogP contribution >= 0.6 is 23.4 Å². The first-order valence-electron chi connectivity index (χ1n) is 7.91. The molecule has 0 atom stereocenters. The van der Waals surface area contributed by atoms with E-state index >= 15 is 0 Å². The van der Waals surface area contributed by atoms with E-state index in [-0.39, 0.29) is 11.3 Å². The van der Waals surface area contributed by atoms with Gasteiger partial charge < -0.3 is 4.90 Å². The Bertz CT molecular complexity index is 719. The van der Waals surface area contributed by atoms with E-state index in [0.29, 0.717) is 17.1 Å². The van der Waals surface area contributed by atoms with E-state index in [1.54, 1.807) is 22.7 Å². The highest BCUT2D eigenvalue weighted by Crippen LogP contribution is 2.25. The molecule has 0 aromatic heterocycles. The predicted octanol–water partition coefficient (Wildman–Crippen LogP) is 5.63. The summed E-state index contributed by atoms with van der Waals surface area (Å²) in [6, 6.07) is 14.0. The van der Waals surface area contributed by atoms with Gasteiger partial charge >= 0.3 is 0 Å². The van der Waals surface area contributed by atoms with E-state index in [9.17, 15) is 4.79 Å². The Kier molecular flexibility index (Phi) is 6.00. The van der Waals surface area contributed by atoms with Crippen molar-refractivity contribution in [3.05, 3.63) is 64.2 Å². The second-order valence-corrected chi connectivity index (χ2v) is 8.24. The first-order chi connectivity index (χ1) is 11.2. The van der Waals surface area contributed by atoms with Crippen LogP contribution in [0.2, 0.25) is 5.02 Å². The maximum Gasteiger partial charge on any atom is 0.255 e. The molecule has 1 amide bonds. The SMILES string of the molecule is CSc1ccc(Cl)c(C(=O)N(C)Cc2ccc(C(C)(C)C)cc2)c1. The summed E-state index contributed by atoms with van der Waals surface area (Å²) in [4.78, 5) is 15.4. The molecule has 0 aliphatic rings.